The van der Waals surface area contributed by atoms with Crippen LogP contribution in [0.4, 0.5) is 13.2 Å². The largest absolute Gasteiger partial charge is 0.366 e. The van der Waals surface area contributed by atoms with Gasteiger partial charge in [0, 0.05) is 6.07 Å². The molecule has 1 aromatic heterocycles. The Morgan fingerprint density at radius 2 is 2.20 bits per heavy atom. The molecule has 1 aromatic rings. The molecule has 0 fully saturated rings. The van der Waals surface area contributed by atoms with E-state index in [-0.39, 0.29) is 0 Å². The van der Waals surface area contributed by atoms with Gasteiger partial charge in [0.25, 0.3) is 6.43 Å². The van der Waals surface area contributed by atoms with Crippen molar-refractivity contribution in [2.45, 2.75) is 6.43 Å². The zero-order valence-electron chi connectivity index (χ0n) is 7.17. The first-order chi connectivity index (χ1) is 6.97. The number of hydrogen-bond donors (Lipinski definition) is 1. The smallest absolute Gasteiger partial charge is 0.267 e. The Hall–Kier alpha value is -2.10. The summed E-state index contributed by atoms with van der Waals surface area (Å²) in [7, 11) is 0. The third kappa shape index (κ3) is 2.04. The third-order valence-electron chi connectivity index (χ3n) is 1.62. The molecule has 0 radical (unpaired) electrons. The minimum absolute atomic E-state index is 0.477. The Bertz CT molecular complexity index is 453. The number of carbonyl (C=O) groups excluding carboxylic acids is 1. The fourth-order valence-corrected chi connectivity index (χ4v) is 1.03. The lowest BCUT2D eigenvalue weighted by atomic mass is 10.1. The lowest BCUT2D eigenvalue weighted by Crippen LogP contribution is -2.16. The molecule has 0 saturated carbocycles. The topological polar surface area (TPSA) is 79.8 Å². The number of rotatable bonds is 2. The molecule has 0 unspecified atom stereocenters. The fraction of sp³-hybridized carbons (Fsp3) is 0.125. The van der Waals surface area contributed by atoms with E-state index in [9.17, 15) is 18.0 Å². The summed E-state index contributed by atoms with van der Waals surface area (Å²) in [4.78, 5) is 13.7. The van der Waals surface area contributed by atoms with E-state index >= 15 is 0 Å². The summed E-state index contributed by atoms with van der Waals surface area (Å²) < 4.78 is 37.6. The molecule has 0 aliphatic rings. The lowest BCUT2D eigenvalue weighted by Gasteiger charge is -2.06. The number of alkyl halides is 2. The standard InChI is InChI=1S/C8H4F3N3O/c9-5-1-3(8(13)15)6(7(10)11)4(2-12)14-5/h1,7H,(H2,13,15). The Balaban J connectivity index is 3.56. The predicted octanol–water partition coefficient (Wildman–Crippen LogP) is 1.13. The number of amides is 1. The highest BCUT2D eigenvalue weighted by Gasteiger charge is 2.23. The van der Waals surface area contributed by atoms with Crippen LogP contribution in [0.15, 0.2) is 6.07 Å². The van der Waals surface area contributed by atoms with Gasteiger partial charge in [-0.05, 0) is 0 Å². The zero-order valence-corrected chi connectivity index (χ0v) is 7.17. The summed E-state index contributed by atoms with van der Waals surface area (Å²) in [6.45, 7) is 0. The van der Waals surface area contributed by atoms with Gasteiger partial charge < -0.3 is 5.73 Å². The Labute approximate surface area is 82.1 Å². The van der Waals surface area contributed by atoms with Crippen LogP contribution in [0.3, 0.4) is 0 Å². The van der Waals surface area contributed by atoms with E-state index in [4.69, 9.17) is 11.0 Å². The number of hydrogen-bond acceptors (Lipinski definition) is 3. The number of carbonyl (C=O) groups is 1. The number of nitriles is 1. The Kier molecular flexibility index (Phi) is 2.90. The normalized spacial score (nSPS) is 10.1. The first kappa shape index (κ1) is 11.0. The van der Waals surface area contributed by atoms with Gasteiger partial charge in [0.1, 0.15) is 6.07 Å². The van der Waals surface area contributed by atoms with Crippen LogP contribution in [-0.2, 0) is 0 Å². The van der Waals surface area contributed by atoms with Crippen LogP contribution in [0.1, 0.15) is 28.0 Å². The van der Waals surface area contributed by atoms with Gasteiger partial charge in [-0.2, -0.15) is 9.65 Å². The summed E-state index contributed by atoms with van der Waals surface area (Å²) in [5, 5.41) is 8.43. The third-order valence-corrected chi connectivity index (χ3v) is 1.62. The summed E-state index contributed by atoms with van der Waals surface area (Å²) in [5.74, 6) is -2.44. The molecule has 15 heavy (non-hydrogen) atoms. The van der Waals surface area contributed by atoms with Crippen molar-refractivity contribution >= 4 is 5.91 Å². The van der Waals surface area contributed by atoms with E-state index in [0.29, 0.717) is 6.07 Å². The highest BCUT2D eigenvalue weighted by molar-refractivity contribution is 5.94. The van der Waals surface area contributed by atoms with Crippen molar-refractivity contribution in [2.24, 2.45) is 5.73 Å². The first-order valence-corrected chi connectivity index (χ1v) is 3.66. The molecule has 1 rings (SSSR count). The molecular weight excluding hydrogens is 211 g/mol. The second-order valence-corrected chi connectivity index (χ2v) is 2.53. The van der Waals surface area contributed by atoms with Crippen LogP contribution in [0.5, 0.6) is 0 Å². The molecule has 1 amide bonds. The van der Waals surface area contributed by atoms with Crippen molar-refractivity contribution in [1.82, 2.24) is 4.98 Å². The maximum Gasteiger partial charge on any atom is 0.267 e. The molecular formula is C8H4F3N3O. The summed E-state index contributed by atoms with van der Waals surface area (Å²) in [6.07, 6.45) is -3.12. The first-order valence-electron chi connectivity index (χ1n) is 3.66. The van der Waals surface area contributed by atoms with Crippen molar-refractivity contribution in [3.8, 4) is 6.07 Å². The summed E-state index contributed by atoms with van der Waals surface area (Å²) in [6, 6.07) is 1.75. The van der Waals surface area contributed by atoms with Crippen LogP contribution in [0.2, 0.25) is 0 Å². The summed E-state index contributed by atoms with van der Waals surface area (Å²) >= 11 is 0. The maximum atomic E-state index is 12.7. The molecule has 0 bridgehead atoms. The predicted molar refractivity (Wildman–Crippen MR) is 42.4 cm³/mol. The van der Waals surface area contributed by atoms with E-state index in [2.05, 4.69) is 4.98 Å². The molecule has 7 heteroatoms. The number of halogens is 3. The van der Waals surface area contributed by atoms with Crippen LogP contribution in [0, 0.1) is 17.3 Å². The van der Waals surface area contributed by atoms with Gasteiger partial charge in [-0.15, -0.1) is 0 Å². The molecule has 0 aromatic carbocycles. The molecule has 1 heterocycles. The highest BCUT2D eigenvalue weighted by atomic mass is 19.3. The number of primary amides is 1. The molecule has 0 saturated heterocycles. The molecule has 0 aliphatic heterocycles. The molecule has 78 valence electrons. The van der Waals surface area contributed by atoms with Crippen LogP contribution in [-0.4, -0.2) is 10.9 Å². The fourth-order valence-electron chi connectivity index (χ4n) is 1.03. The molecule has 0 spiro atoms. The van der Waals surface area contributed by atoms with Crippen molar-refractivity contribution in [3.63, 3.8) is 0 Å². The number of pyridine rings is 1. The van der Waals surface area contributed by atoms with Crippen molar-refractivity contribution < 1.29 is 18.0 Å². The monoisotopic (exact) mass is 215 g/mol. The second-order valence-electron chi connectivity index (χ2n) is 2.53. The molecule has 2 N–H and O–H groups in total. The SMILES string of the molecule is N#Cc1nc(F)cc(C(N)=O)c1C(F)F. The van der Waals surface area contributed by atoms with Crippen LogP contribution >= 0.6 is 0 Å². The van der Waals surface area contributed by atoms with Gasteiger partial charge >= 0.3 is 0 Å². The highest BCUT2D eigenvalue weighted by Crippen LogP contribution is 2.25. The molecule has 0 atom stereocenters. The van der Waals surface area contributed by atoms with Crippen molar-refractivity contribution in [3.05, 3.63) is 28.8 Å². The van der Waals surface area contributed by atoms with E-state index in [0.717, 1.165) is 0 Å². The lowest BCUT2D eigenvalue weighted by molar-refractivity contribution is 0.0984. The average molecular weight is 215 g/mol. The average Bonchev–Trinajstić information content (AvgIpc) is 2.15. The van der Waals surface area contributed by atoms with Gasteiger partial charge in [0.05, 0.1) is 11.1 Å². The van der Waals surface area contributed by atoms with Crippen LogP contribution < -0.4 is 5.73 Å². The van der Waals surface area contributed by atoms with Gasteiger partial charge in [-0.3, -0.25) is 4.79 Å². The second kappa shape index (κ2) is 3.96. The Morgan fingerprint density at radius 1 is 1.60 bits per heavy atom. The van der Waals surface area contributed by atoms with E-state index in [1.807, 2.05) is 0 Å². The van der Waals surface area contributed by atoms with E-state index in [1.54, 1.807) is 0 Å². The van der Waals surface area contributed by atoms with E-state index in [1.165, 1.54) is 6.07 Å². The number of nitrogens with zero attached hydrogens (tertiary/aromatic N) is 2. The van der Waals surface area contributed by atoms with Gasteiger partial charge in [0.15, 0.2) is 5.69 Å². The zero-order chi connectivity index (χ0) is 11.6. The number of nitrogens with two attached hydrogens (primary N) is 1. The van der Waals surface area contributed by atoms with Crippen molar-refractivity contribution in [1.29, 1.82) is 5.26 Å². The number of aromatic nitrogens is 1. The maximum absolute atomic E-state index is 12.7. The summed E-state index contributed by atoms with van der Waals surface area (Å²) in [5.41, 5.74) is 2.27. The van der Waals surface area contributed by atoms with Gasteiger partial charge in [-0.1, -0.05) is 0 Å². The van der Waals surface area contributed by atoms with Gasteiger partial charge in [-0.25, -0.2) is 13.8 Å². The van der Waals surface area contributed by atoms with Gasteiger partial charge in [0.2, 0.25) is 11.9 Å². The molecule has 0 aliphatic carbocycles. The Morgan fingerprint density at radius 3 is 2.60 bits per heavy atom. The van der Waals surface area contributed by atoms with Crippen LogP contribution in [0.25, 0.3) is 0 Å². The minimum atomic E-state index is -3.12. The minimum Gasteiger partial charge on any atom is -0.366 e. The molecule has 4 nitrogen and oxygen atoms in total. The van der Waals surface area contributed by atoms with Crippen molar-refractivity contribution in [2.75, 3.05) is 0 Å². The quantitative estimate of drug-likeness (QED) is 0.751. The van der Waals surface area contributed by atoms with E-state index < -0.39 is 35.1 Å².